The third kappa shape index (κ3) is 3.48. The molecule has 1 spiro atoms. The molecular weight excluding hydrogens is 348 g/mol. The number of piperidine rings is 1. The normalized spacial score (nSPS) is 24.6. The van der Waals surface area contributed by atoms with Crippen LogP contribution in [0.5, 0.6) is 0 Å². The lowest BCUT2D eigenvalue weighted by Gasteiger charge is -2.38. The van der Waals surface area contributed by atoms with E-state index >= 15 is 0 Å². The molecule has 1 unspecified atom stereocenters. The second-order valence-electron chi connectivity index (χ2n) is 7.73. The van der Waals surface area contributed by atoms with Gasteiger partial charge in [0.15, 0.2) is 0 Å². The van der Waals surface area contributed by atoms with E-state index in [1.165, 1.54) is 0 Å². The van der Waals surface area contributed by atoms with Crippen molar-refractivity contribution in [2.75, 3.05) is 33.2 Å². The SMILES string of the molecule is CN1CC2(CCN(C(=O)C3CC(=O)N(Cc4ccccn4)C3)CC2)OC1=O. The zero-order valence-electron chi connectivity index (χ0n) is 15.5. The zero-order chi connectivity index (χ0) is 19.0. The van der Waals surface area contributed by atoms with Crippen LogP contribution in [0.25, 0.3) is 0 Å². The van der Waals surface area contributed by atoms with Gasteiger partial charge in [-0.3, -0.25) is 14.6 Å². The highest BCUT2D eigenvalue weighted by molar-refractivity contribution is 5.89. The number of amides is 3. The second kappa shape index (κ2) is 6.83. The minimum atomic E-state index is -0.459. The second-order valence-corrected chi connectivity index (χ2v) is 7.73. The average Bonchev–Trinajstić information content (AvgIpc) is 3.15. The van der Waals surface area contributed by atoms with Gasteiger partial charge in [-0.15, -0.1) is 0 Å². The molecule has 3 fully saturated rings. The van der Waals surface area contributed by atoms with Crippen molar-refractivity contribution in [3.63, 3.8) is 0 Å². The minimum Gasteiger partial charge on any atom is -0.441 e. The lowest BCUT2D eigenvalue weighted by molar-refractivity contribution is -0.139. The van der Waals surface area contributed by atoms with E-state index in [1.54, 1.807) is 23.0 Å². The molecule has 0 saturated carbocycles. The largest absolute Gasteiger partial charge is 0.441 e. The van der Waals surface area contributed by atoms with Gasteiger partial charge in [0.1, 0.15) is 5.60 Å². The Morgan fingerprint density at radius 2 is 2.07 bits per heavy atom. The molecule has 144 valence electrons. The Hall–Kier alpha value is -2.64. The van der Waals surface area contributed by atoms with Gasteiger partial charge in [-0.1, -0.05) is 6.07 Å². The number of aromatic nitrogens is 1. The fourth-order valence-corrected chi connectivity index (χ4v) is 4.22. The molecule has 3 amide bonds. The van der Waals surface area contributed by atoms with Crippen molar-refractivity contribution in [1.29, 1.82) is 0 Å². The average molecular weight is 372 g/mol. The quantitative estimate of drug-likeness (QED) is 0.786. The zero-order valence-corrected chi connectivity index (χ0v) is 15.5. The summed E-state index contributed by atoms with van der Waals surface area (Å²) in [6.45, 7) is 2.58. The number of nitrogens with zero attached hydrogens (tertiary/aromatic N) is 4. The molecular formula is C19H24N4O4. The van der Waals surface area contributed by atoms with Gasteiger partial charge in [-0.05, 0) is 12.1 Å². The van der Waals surface area contributed by atoms with Crippen LogP contribution < -0.4 is 0 Å². The van der Waals surface area contributed by atoms with E-state index in [4.69, 9.17) is 4.74 Å². The van der Waals surface area contributed by atoms with Crippen molar-refractivity contribution in [2.45, 2.75) is 31.4 Å². The molecule has 27 heavy (non-hydrogen) atoms. The molecule has 4 heterocycles. The van der Waals surface area contributed by atoms with Gasteiger partial charge < -0.3 is 19.4 Å². The maximum Gasteiger partial charge on any atom is 0.410 e. The summed E-state index contributed by atoms with van der Waals surface area (Å²) in [5, 5.41) is 0. The molecule has 0 N–H and O–H groups in total. The number of ether oxygens (including phenoxy) is 1. The Morgan fingerprint density at radius 1 is 1.30 bits per heavy atom. The number of carbonyl (C=O) groups excluding carboxylic acids is 3. The lowest BCUT2D eigenvalue weighted by Crippen LogP contribution is -2.50. The van der Waals surface area contributed by atoms with Crippen LogP contribution >= 0.6 is 0 Å². The van der Waals surface area contributed by atoms with Gasteiger partial charge >= 0.3 is 6.09 Å². The molecule has 3 aliphatic rings. The van der Waals surface area contributed by atoms with E-state index in [9.17, 15) is 14.4 Å². The Morgan fingerprint density at radius 3 is 2.70 bits per heavy atom. The number of pyridine rings is 1. The van der Waals surface area contributed by atoms with Gasteiger partial charge in [-0.25, -0.2) is 4.79 Å². The summed E-state index contributed by atoms with van der Waals surface area (Å²) >= 11 is 0. The summed E-state index contributed by atoms with van der Waals surface area (Å²) in [7, 11) is 1.73. The van der Waals surface area contributed by atoms with E-state index in [1.807, 2.05) is 23.1 Å². The lowest BCUT2D eigenvalue weighted by atomic mass is 9.90. The third-order valence-electron chi connectivity index (χ3n) is 5.77. The molecule has 0 radical (unpaired) electrons. The van der Waals surface area contributed by atoms with E-state index in [2.05, 4.69) is 4.98 Å². The van der Waals surface area contributed by atoms with Gasteiger partial charge in [0.25, 0.3) is 0 Å². The van der Waals surface area contributed by atoms with Crippen LogP contribution in [0.4, 0.5) is 4.79 Å². The Labute approximate surface area is 158 Å². The van der Waals surface area contributed by atoms with Crippen LogP contribution in [0.3, 0.4) is 0 Å². The van der Waals surface area contributed by atoms with Crippen molar-refractivity contribution in [3.05, 3.63) is 30.1 Å². The number of rotatable bonds is 3. The highest BCUT2D eigenvalue weighted by atomic mass is 16.6. The summed E-state index contributed by atoms with van der Waals surface area (Å²) in [5.41, 5.74) is 0.366. The highest BCUT2D eigenvalue weighted by Gasteiger charge is 2.47. The molecule has 0 aliphatic carbocycles. The maximum atomic E-state index is 12.9. The summed E-state index contributed by atoms with van der Waals surface area (Å²) in [6.07, 6.45) is 2.96. The van der Waals surface area contributed by atoms with Crippen molar-refractivity contribution in [2.24, 2.45) is 5.92 Å². The fourth-order valence-electron chi connectivity index (χ4n) is 4.22. The van der Waals surface area contributed by atoms with Gasteiger partial charge in [0, 0.05) is 52.1 Å². The number of carbonyl (C=O) groups is 3. The van der Waals surface area contributed by atoms with Crippen LogP contribution in [0.15, 0.2) is 24.4 Å². The number of likely N-dealkylation sites (tertiary alicyclic amines) is 2. The van der Waals surface area contributed by atoms with Crippen LogP contribution in [0, 0.1) is 5.92 Å². The highest BCUT2D eigenvalue weighted by Crippen LogP contribution is 2.33. The van der Waals surface area contributed by atoms with Crippen molar-refractivity contribution in [1.82, 2.24) is 19.7 Å². The summed E-state index contributed by atoms with van der Waals surface area (Å²) in [4.78, 5) is 46.2. The van der Waals surface area contributed by atoms with Crippen molar-refractivity contribution in [3.8, 4) is 0 Å². The van der Waals surface area contributed by atoms with Crippen LogP contribution in [0.2, 0.25) is 0 Å². The number of likely N-dealkylation sites (N-methyl/N-ethyl adjacent to an activating group) is 1. The molecule has 1 aromatic heterocycles. The number of hydrogen-bond donors (Lipinski definition) is 0. The van der Waals surface area contributed by atoms with Gasteiger partial charge in [0.2, 0.25) is 11.8 Å². The molecule has 0 aromatic carbocycles. The Balaban J connectivity index is 1.33. The standard InChI is InChI=1S/C19H24N4O4/c1-21-13-19(27-18(21)26)5-8-22(9-6-19)17(25)14-10-16(24)23(11-14)12-15-4-2-3-7-20-15/h2-4,7,14H,5-6,8-13H2,1H3. The fraction of sp³-hybridized carbons (Fsp3) is 0.579. The minimum absolute atomic E-state index is 0.00108. The molecule has 8 nitrogen and oxygen atoms in total. The third-order valence-corrected chi connectivity index (χ3v) is 5.77. The molecule has 0 bridgehead atoms. The van der Waals surface area contributed by atoms with E-state index < -0.39 is 5.60 Å². The molecule has 1 aromatic rings. The summed E-state index contributed by atoms with van der Waals surface area (Å²) in [5.74, 6) is -0.276. The predicted octanol–water partition coefficient (Wildman–Crippen LogP) is 0.873. The first-order valence-corrected chi connectivity index (χ1v) is 9.36. The number of hydrogen-bond acceptors (Lipinski definition) is 5. The van der Waals surface area contributed by atoms with Gasteiger partial charge in [0.05, 0.1) is 24.7 Å². The van der Waals surface area contributed by atoms with Gasteiger partial charge in [-0.2, -0.15) is 0 Å². The first-order valence-electron chi connectivity index (χ1n) is 9.36. The van der Waals surface area contributed by atoms with Crippen LogP contribution in [-0.4, -0.2) is 76.4 Å². The topological polar surface area (TPSA) is 83.1 Å². The van der Waals surface area contributed by atoms with Crippen LogP contribution in [-0.2, 0) is 20.9 Å². The summed E-state index contributed by atoms with van der Waals surface area (Å²) < 4.78 is 5.54. The molecule has 4 rings (SSSR count). The summed E-state index contributed by atoms with van der Waals surface area (Å²) in [6, 6.07) is 5.61. The van der Waals surface area contributed by atoms with E-state index in [0.29, 0.717) is 45.6 Å². The molecule has 8 heteroatoms. The smallest absolute Gasteiger partial charge is 0.410 e. The van der Waals surface area contributed by atoms with Crippen LogP contribution in [0.1, 0.15) is 25.0 Å². The van der Waals surface area contributed by atoms with Crippen molar-refractivity contribution >= 4 is 17.9 Å². The Bertz CT molecular complexity index is 745. The molecule has 1 atom stereocenters. The first kappa shape index (κ1) is 17.8. The van der Waals surface area contributed by atoms with E-state index in [0.717, 1.165) is 5.69 Å². The molecule has 3 saturated heterocycles. The van der Waals surface area contributed by atoms with E-state index in [-0.39, 0.29) is 30.2 Å². The predicted molar refractivity (Wildman–Crippen MR) is 95.4 cm³/mol. The Kier molecular flexibility index (Phi) is 4.49. The van der Waals surface area contributed by atoms with Crippen molar-refractivity contribution < 1.29 is 19.1 Å². The monoisotopic (exact) mass is 372 g/mol. The molecule has 3 aliphatic heterocycles. The first-order chi connectivity index (χ1) is 13.0. The maximum absolute atomic E-state index is 12.9.